The quantitative estimate of drug-likeness (QED) is 0.215. The van der Waals surface area contributed by atoms with Crippen molar-refractivity contribution in [2.24, 2.45) is 10.8 Å². The number of rotatable bonds is 8. The van der Waals surface area contributed by atoms with Gasteiger partial charge in [-0.15, -0.1) is 0 Å². The van der Waals surface area contributed by atoms with E-state index >= 15 is 0 Å². The van der Waals surface area contributed by atoms with Gasteiger partial charge in [0, 0.05) is 52.9 Å². The molecule has 0 atom stereocenters. The van der Waals surface area contributed by atoms with Crippen molar-refractivity contribution in [1.82, 2.24) is 4.90 Å². The molecule has 0 radical (unpaired) electrons. The number of halogens is 2. The molecule has 3 aromatic carbocycles. The summed E-state index contributed by atoms with van der Waals surface area (Å²) in [6, 6.07) is 22.0. The maximum atomic E-state index is 14.3. The van der Waals surface area contributed by atoms with Crippen LogP contribution < -0.4 is 9.47 Å². The van der Waals surface area contributed by atoms with Crippen LogP contribution in [-0.2, 0) is 22.7 Å². The minimum atomic E-state index is -0.459. The third kappa shape index (κ3) is 6.66. The first-order valence-corrected chi connectivity index (χ1v) is 17.5. The summed E-state index contributed by atoms with van der Waals surface area (Å²) in [5.74, 6) is 1.03. The van der Waals surface area contributed by atoms with E-state index in [9.17, 15) is 9.59 Å². The third-order valence-electron chi connectivity index (χ3n) is 9.14. The highest BCUT2D eigenvalue weighted by atomic mass is 127. The number of Topliss-reactive ketones (excluding diaryl/α,β-unsaturated/α-hetero) is 2. The predicted octanol–water partition coefficient (Wildman–Crippen LogP) is 9.81. The molecule has 0 N–H and O–H groups in total. The van der Waals surface area contributed by atoms with Crippen molar-refractivity contribution < 1.29 is 19.1 Å². The van der Waals surface area contributed by atoms with Crippen LogP contribution >= 0.6 is 34.2 Å². The number of allylic oxidation sites excluding steroid dienone is 4. The Kier molecular flexibility index (Phi) is 9.16. The Hall–Kier alpha value is -3.10. The van der Waals surface area contributed by atoms with Gasteiger partial charge >= 0.3 is 0 Å². The lowest BCUT2D eigenvalue weighted by molar-refractivity contribution is -0.119. The molecule has 0 saturated heterocycles. The van der Waals surface area contributed by atoms with E-state index in [0.29, 0.717) is 49.1 Å². The van der Waals surface area contributed by atoms with Crippen LogP contribution in [0, 0.1) is 14.4 Å². The number of benzene rings is 3. The van der Waals surface area contributed by atoms with Crippen LogP contribution in [0.2, 0.25) is 5.02 Å². The topological polar surface area (TPSA) is 55.8 Å². The van der Waals surface area contributed by atoms with E-state index in [1.165, 1.54) is 0 Å². The maximum absolute atomic E-state index is 14.3. The Labute approximate surface area is 291 Å². The Morgan fingerprint density at radius 1 is 0.804 bits per heavy atom. The Morgan fingerprint density at radius 3 is 2.00 bits per heavy atom. The molecule has 0 amide bonds. The van der Waals surface area contributed by atoms with Crippen LogP contribution in [0.5, 0.6) is 11.5 Å². The van der Waals surface area contributed by atoms with Crippen molar-refractivity contribution in [2.75, 3.05) is 6.61 Å². The lowest BCUT2D eigenvalue weighted by atomic mass is 9.63. The molecule has 0 spiro atoms. The highest BCUT2D eigenvalue weighted by molar-refractivity contribution is 14.1. The molecule has 2 aliphatic carbocycles. The van der Waals surface area contributed by atoms with E-state index in [1.54, 1.807) is 0 Å². The SMILES string of the molecule is CCOc1cc(C2C3=C(CC(C)(C)CC3=O)N(Cc3ccccc3)C3=C2C(=O)CC(C)(C)C3)cc(I)c1OCc1cccc(Cl)c1. The van der Waals surface area contributed by atoms with Crippen LogP contribution in [-0.4, -0.2) is 23.1 Å². The lowest BCUT2D eigenvalue weighted by Gasteiger charge is -2.49. The van der Waals surface area contributed by atoms with Gasteiger partial charge in [0.2, 0.25) is 0 Å². The first kappa shape index (κ1) is 32.8. The van der Waals surface area contributed by atoms with Gasteiger partial charge in [0.05, 0.1) is 10.2 Å². The number of carbonyl (C=O) groups excluding carboxylic acids is 2. The molecular formula is C39H41ClINO4. The van der Waals surface area contributed by atoms with Gasteiger partial charge in [-0.1, -0.05) is 81.8 Å². The van der Waals surface area contributed by atoms with Crippen molar-refractivity contribution in [3.63, 3.8) is 0 Å². The number of nitrogens with zero attached hydrogens (tertiary/aromatic N) is 1. The van der Waals surface area contributed by atoms with E-state index in [2.05, 4.69) is 73.4 Å². The fourth-order valence-corrected chi connectivity index (χ4v) is 8.27. The zero-order chi connectivity index (χ0) is 32.8. The second-order valence-corrected chi connectivity index (χ2v) is 15.9. The summed E-state index contributed by atoms with van der Waals surface area (Å²) in [7, 11) is 0. The van der Waals surface area contributed by atoms with Gasteiger partial charge < -0.3 is 14.4 Å². The van der Waals surface area contributed by atoms with E-state index in [1.807, 2.05) is 55.5 Å². The fourth-order valence-electron chi connectivity index (χ4n) is 7.28. The highest BCUT2D eigenvalue weighted by Crippen LogP contribution is 2.55. The van der Waals surface area contributed by atoms with Crippen LogP contribution in [0.25, 0.3) is 0 Å². The fraction of sp³-hybridized carbons (Fsp3) is 0.385. The Bertz CT molecular complexity index is 1700. The van der Waals surface area contributed by atoms with Gasteiger partial charge in [0.1, 0.15) is 6.61 Å². The number of carbonyl (C=O) groups is 2. The minimum absolute atomic E-state index is 0.118. The molecular weight excluding hydrogens is 709 g/mol. The summed E-state index contributed by atoms with van der Waals surface area (Å²) in [6.07, 6.45) is 2.41. The molecule has 3 aromatic rings. The molecule has 240 valence electrons. The van der Waals surface area contributed by atoms with E-state index in [0.717, 1.165) is 55.6 Å². The summed E-state index contributed by atoms with van der Waals surface area (Å²) in [5, 5.41) is 0.656. The average molecular weight is 750 g/mol. The predicted molar refractivity (Wildman–Crippen MR) is 191 cm³/mol. The molecule has 0 aromatic heterocycles. The monoisotopic (exact) mass is 749 g/mol. The Morgan fingerprint density at radius 2 is 1.41 bits per heavy atom. The second-order valence-electron chi connectivity index (χ2n) is 14.3. The summed E-state index contributed by atoms with van der Waals surface area (Å²) >= 11 is 8.51. The zero-order valence-electron chi connectivity index (χ0n) is 27.2. The highest BCUT2D eigenvalue weighted by Gasteiger charge is 2.49. The zero-order valence-corrected chi connectivity index (χ0v) is 30.1. The second kappa shape index (κ2) is 12.8. The molecule has 1 aliphatic heterocycles. The molecule has 7 heteroatoms. The van der Waals surface area contributed by atoms with Crippen molar-refractivity contribution in [3.8, 4) is 11.5 Å². The van der Waals surface area contributed by atoms with Crippen LogP contribution in [0.15, 0.2) is 89.3 Å². The van der Waals surface area contributed by atoms with E-state index in [4.69, 9.17) is 21.1 Å². The molecule has 0 unspecified atom stereocenters. The largest absolute Gasteiger partial charge is 0.490 e. The number of ketones is 2. The van der Waals surface area contributed by atoms with Gasteiger partial charge in [-0.25, -0.2) is 0 Å². The maximum Gasteiger partial charge on any atom is 0.174 e. The van der Waals surface area contributed by atoms with Gasteiger partial charge in [-0.05, 0) is 94.1 Å². The molecule has 1 heterocycles. The summed E-state index contributed by atoms with van der Waals surface area (Å²) in [4.78, 5) is 30.9. The molecule has 0 fully saturated rings. The first-order chi connectivity index (χ1) is 21.9. The van der Waals surface area contributed by atoms with E-state index in [-0.39, 0.29) is 22.4 Å². The molecule has 3 aliphatic rings. The number of hydrogen-bond donors (Lipinski definition) is 0. The van der Waals surface area contributed by atoms with Crippen LogP contribution in [0.3, 0.4) is 0 Å². The van der Waals surface area contributed by atoms with Crippen molar-refractivity contribution in [2.45, 2.75) is 79.4 Å². The molecule has 46 heavy (non-hydrogen) atoms. The molecule has 0 bridgehead atoms. The van der Waals surface area contributed by atoms with Crippen LogP contribution in [0.1, 0.15) is 82.9 Å². The van der Waals surface area contributed by atoms with Crippen molar-refractivity contribution >= 4 is 45.8 Å². The van der Waals surface area contributed by atoms with E-state index < -0.39 is 5.92 Å². The van der Waals surface area contributed by atoms with Gasteiger partial charge in [0.25, 0.3) is 0 Å². The lowest BCUT2D eigenvalue weighted by Crippen LogP contribution is -2.44. The van der Waals surface area contributed by atoms with Crippen LogP contribution in [0.4, 0.5) is 0 Å². The van der Waals surface area contributed by atoms with Gasteiger partial charge in [0.15, 0.2) is 23.1 Å². The average Bonchev–Trinajstić information content (AvgIpc) is 2.97. The summed E-state index contributed by atoms with van der Waals surface area (Å²) in [5.41, 5.74) is 6.23. The van der Waals surface area contributed by atoms with Crippen molar-refractivity contribution in [1.29, 1.82) is 0 Å². The van der Waals surface area contributed by atoms with Gasteiger partial charge in [-0.3, -0.25) is 9.59 Å². The normalized spacial score (nSPS) is 19.2. The summed E-state index contributed by atoms with van der Waals surface area (Å²) < 4.78 is 13.4. The molecule has 6 rings (SSSR count). The first-order valence-electron chi connectivity index (χ1n) is 16.0. The molecule has 0 saturated carbocycles. The standard InChI is InChI=1S/C39H41ClINO4/c1-6-45-33-17-26(16-28(41)37(33)46-23-25-13-10-14-27(40)15-25)34-35-29(18-38(2,3)20-31(35)43)42(22-24-11-8-7-9-12-24)30-19-39(4,5)21-32(44)36(30)34/h7-17,34H,6,18-23H2,1-5H3. The van der Waals surface area contributed by atoms with Gasteiger partial charge in [-0.2, -0.15) is 0 Å². The summed E-state index contributed by atoms with van der Waals surface area (Å²) in [6.45, 7) is 12.0. The minimum Gasteiger partial charge on any atom is -0.490 e. The smallest absolute Gasteiger partial charge is 0.174 e. The third-order valence-corrected chi connectivity index (χ3v) is 10.2. The Balaban J connectivity index is 1.51. The number of ether oxygens (including phenoxy) is 2. The number of hydrogen-bond acceptors (Lipinski definition) is 5. The molecule has 5 nitrogen and oxygen atoms in total. The van der Waals surface area contributed by atoms with Crippen molar-refractivity contribution in [3.05, 3.63) is 115 Å².